The van der Waals surface area contributed by atoms with Crippen LogP contribution < -0.4 is 0 Å². The van der Waals surface area contributed by atoms with Gasteiger partial charge in [0.1, 0.15) is 23.4 Å². The molecule has 0 radical (unpaired) electrons. The fourth-order valence-corrected chi connectivity index (χ4v) is 3.59. The molecule has 0 aliphatic carbocycles. The fourth-order valence-electron chi connectivity index (χ4n) is 3.59. The van der Waals surface area contributed by atoms with Gasteiger partial charge in [-0.1, -0.05) is 0 Å². The Kier molecular flexibility index (Phi) is 6.31. The van der Waals surface area contributed by atoms with Crippen molar-refractivity contribution >= 4 is 5.97 Å². The Morgan fingerprint density at radius 2 is 1.89 bits per heavy atom. The van der Waals surface area contributed by atoms with Crippen LogP contribution in [0.5, 0.6) is 0 Å². The second-order valence-electron chi connectivity index (χ2n) is 6.74. The van der Waals surface area contributed by atoms with E-state index >= 15 is 0 Å². The number of hydrogen-bond donors (Lipinski definition) is 1. The van der Waals surface area contributed by atoms with Gasteiger partial charge in [-0.15, -0.1) is 0 Å². The second kappa shape index (κ2) is 8.70. The van der Waals surface area contributed by atoms with E-state index in [1.165, 1.54) is 12.1 Å². The standard InChI is InChI=1S/C20H24F2N2O4/c1-3-28-19-18(20(25)26)13(2)8-17(23-4-6-27-7-5-23)24(19)12-14-9-15(21)11-16(22)10-14/h8-11,17H,3-7,12H2,1-2H3,(H,25,26). The molecule has 3 rings (SSSR count). The Labute approximate surface area is 162 Å². The summed E-state index contributed by atoms with van der Waals surface area (Å²) in [4.78, 5) is 15.8. The predicted octanol–water partition coefficient (Wildman–Crippen LogP) is 2.72. The van der Waals surface area contributed by atoms with Gasteiger partial charge in [-0.05, 0) is 43.2 Å². The van der Waals surface area contributed by atoms with E-state index < -0.39 is 17.6 Å². The molecule has 1 aromatic carbocycles. The Balaban J connectivity index is 2.04. The number of morpholine rings is 1. The van der Waals surface area contributed by atoms with Gasteiger partial charge in [-0.2, -0.15) is 0 Å². The van der Waals surface area contributed by atoms with Gasteiger partial charge in [0.2, 0.25) is 5.88 Å². The lowest BCUT2D eigenvalue weighted by Gasteiger charge is -2.44. The van der Waals surface area contributed by atoms with Gasteiger partial charge in [-0.3, -0.25) is 4.90 Å². The van der Waals surface area contributed by atoms with E-state index in [1.54, 1.807) is 18.7 Å². The lowest BCUT2D eigenvalue weighted by Crippen LogP contribution is -2.53. The molecule has 152 valence electrons. The number of carboxylic acids is 1. The van der Waals surface area contributed by atoms with Crippen LogP contribution in [-0.2, 0) is 20.8 Å². The summed E-state index contributed by atoms with van der Waals surface area (Å²) in [5.74, 6) is -2.26. The SMILES string of the molecule is CCOC1=C(C(=O)O)C(C)=CC(N2CCOCC2)N1Cc1cc(F)cc(F)c1. The van der Waals surface area contributed by atoms with Crippen molar-refractivity contribution in [2.75, 3.05) is 32.9 Å². The molecule has 8 heteroatoms. The van der Waals surface area contributed by atoms with Crippen LogP contribution in [0.2, 0.25) is 0 Å². The summed E-state index contributed by atoms with van der Waals surface area (Å²) < 4.78 is 38.6. The molecule has 1 atom stereocenters. The molecular formula is C20H24F2N2O4. The van der Waals surface area contributed by atoms with Crippen molar-refractivity contribution < 1.29 is 28.2 Å². The molecule has 2 aliphatic heterocycles. The molecule has 0 saturated carbocycles. The number of ether oxygens (including phenoxy) is 2. The van der Waals surface area contributed by atoms with Crippen LogP contribution in [0.1, 0.15) is 19.4 Å². The van der Waals surface area contributed by atoms with Crippen molar-refractivity contribution in [2.24, 2.45) is 0 Å². The summed E-state index contributed by atoms with van der Waals surface area (Å²) in [5.41, 5.74) is 1.04. The molecule has 0 spiro atoms. The van der Waals surface area contributed by atoms with Crippen molar-refractivity contribution in [3.63, 3.8) is 0 Å². The monoisotopic (exact) mass is 394 g/mol. The summed E-state index contributed by atoms with van der Waals surface area (Å²) in [7, 11) is 0. The molecule has 2 aliphatic rings. The molecule has 1 fully saturated rings. The van der Waals surface area contributed by atoms with E-state index in [0.29, 0.717) is 37.4 Å². The number of halogens is 2. The highest BCUT2D eigenvalue weighted by Crippen LogP contribution is 2.32. The first-order valence-corrected chi connectivity index (χ1v) is 9.23. The normalized spacial score (nSPS) is 20.9. The summed E-state index contributed by atoms with van der Waals surface area (Å²) in [6.07, 6.45) is 1.55. The van der Waals surface area contributed by atoms with Gasteiger partial charge in [0.05, 0.1) is 19.8 Å². The first kappa shape index (κ1) is 20.3. The number of carbonyl (C=O) groups is 1. The van der Waals surface area contributed by atoms with E-state index in [-0.39, 0.29) is 30.8 Å². The van der Waals surface area contributed by atoms with Crippen LogP contribution in [0.3, 0.4) is 0 Å². The maximum absolute atomic E-state index is 13.7. The first-order chi connectivity index (χ1) is 13.4. The zero-order valence-corrected chi connectivity index (χ0v) is 16.0. The molecule has 1 unspecified atom stereocenters. The van der Waals surface area contributed by atoms with Crippen LogP contribution in [0.15, 0.2) is 41.3 Å². The van der Waals surface area contributed by atoms with Gasteiger partial charge in [0.25, 0.3) is 0 Å². The maximum atomic E-state index is 13.7. The third-order valence-corrected chi connectivity index (χ3v) is 4.78. The molecule has 0 amide bonds. The topological polar surface area (TPSA) is 62.2 Å². The minimum absolute atomic E-state index is 0.0586. The van der Waals surface area contributed by atoms with Crippen LogP contribution in [-0.4, -0.2) is 60.0 Å². The number of nitrogens with zero attached hydrogens (tertiary/aromatic N) is 2. The average Bonchev–Trinajstić information content (AvgIpc) is 2.63. The molecule has 0 aromatic heterocycles. The minimum Gasteiger partial charge on any atom is -0.479 e. The zero-order valence-electron chi connectivity index (χ0n) is 16.0. The fraction of sp³-hybridized carbons (Fsp3) is 0.450. The number of rotatable bonds is 6. The van der Waals surface area contributed by atoms with E-state index in [4.69, 9.17) is 9.47 Å². The number of aliphatic carboxylic acids is 1. The number of carboxylic acid groups (broad SMARTS) is 1. The Hall–Kier alpha value is -2.45. The second-order valence-corrected chi connectivity index (χ2v) is 6.74. The lowest BCUT2D eigenvalue weighted by molar-refractivity contribution is -0.133. The van der Waals surface area contributed by atoms with E-state index in [1.807, 2.05) is 6.08 Å². The van der Waals surface area contributed by atoms with Crippen molar-refractivity contribution in [3.8, 4) is 0 Å². The molecule has 0 bridgehead atoms. The van der Waals surface area contributed by atoms with Gasteiger partial charge < -0.3 is 19.5 Å². The highest BCUT2D eigenvalue weighted by molar-refractivity contribution is 5.92. The van der Waals surface area contributed by atoms with Crippen LogP contribution in [0, 0.1) is 11.6 Å². The highest BCUT2D eigenvalue weighted by atomic mass is 19.1. The molecule has 28 heavy (non-hydrogen) atoms. The number of hydrogen-bond acceptors (Lipinski definition) is 5. The first-order valence-electron chi connectivity index (χ1n) is 9.23. The summed E-state index contributed by atoms with van der Waals surface area (Å²) in [5, 5.41) is 9.72. The minimum atomic E-state index is -1.10. The van der Waals surface area contributed by atoms with E-state index in [0.717, 1.165) is 6.07 Å². The van der Waals surface area contributed by atoms with Gasteiger partial charge in [-0.25, -0.2) is 13.6 Å². The van der Waals surface area contributed by atoms with Gasteiger partial charge >= 0.3 is 5.97 Å². The lowest BCUT2D eigenvalue weighted by atomic mass is 10.0. The molecule has 6 nitrogen and oxygen atoms in total. The Morgan fingerprint density at radius 1 is 1.25 bits per heavy atom. The van der Waals surface area contributed by atoms with Gasteiger partial charge in [0.15, 0.2) is 0 Å². The highest BCUT2D eigenvalue weighted by Gasteiger charge is 2.35. The summed E-state index contributed by atoms with van der Waals surface area (Å²) in [6, 6.07) is 3.30. The zero-order chi connectivity index (χ0) is 20.3. The third kappa shape index (κ3) is 4.34. The molecular weight excluding hydrogens is 370 g/mol. The Bertz CT molecular complexity index is 783. The summed E-state index contributed by atoms with van der Waals surface area (Å²) >= 11 is 0. The third-order valence-electron chi connectivity index (χ3n) is 4.78. The predicted molar refractivity (Wildman–Crippen MR) is 98.1 cm³/mol. The smallest absolute Gasteiger partial charge is 0.341 e. The average molecular weight is 394 g/mol. The van der Waals surface area contributed by atoms with Crippen LogP contribution in [0.4, 0.5) is 8.78 Å². The largest absolute Gasteiger partial charge is 0.479 e. The number of benzene rings is 1. The molecule has 1 aromatic rings. The quantitative estimate of drug-likeness (QED) is 0.801. The molecule has 1 N–H and O–H groups in total. The molecule has 2 heterocycles. The van der Waals surface area contributed by atoms with Gasteiger partial charge in [0, 0.05) is 25.7 Å². The van der Waals surface area contributed by atoms with E-state index in [9.17, 15) is 18.7 Å². The van der Waals surface area contributed by atoms with Crippen molar-refractivity contribution in [1.29, 1.82) is 0 Å². The van der Waals surface area contributed by atoms with Crippen molar-refractivity contribution in [3.05, 3.63) is 58.5 Å². The van der Waals surface area contributed by atoms with Crippen molar-refractivity contribution in [1.82, 2.24) is 9.80 Å². The summed E-state index contributed by atoms with van der Waals surface area (Å²) in [6.45, 7) is 6.31. The van der Waals surface area contributed by atoms with E-state index in [2.05, 4.69) is 4.90 Å². The van der Waals surface area contributed by atoms with Crippen LogP contribution >= 0.6 is 0 Å². The molecule has 1 saturated heterocycles. The van der Waals surface area contributed by atoms with Crippen molar-refractivity contribution in [2.45, 2.75) is 26.6 Å². The Morgan fingerprint density at radius 3 is 2.46 bits per heavy atom. The maximum Gasteiger partial charge on any atom is 0.341 e. The van der Waals surface area contributed by atoms with Crippen LogP contribution in [0.25, 0.3) is 0 Å².